The summed E-state index contributed by atoms with van der Waals surface area (Å²) in [6, 6.07) is 4.28. The zero-order valence-electron chi connectivity index (χ0n) is 14.1. The lowest BCUT2D eigenvalue weighted by Gasteiger charge is -2.26. The summed E-state index contributed by atoms with van der Waals surface area (Å²) in [4.78, 5) is 13.8. The van der Waals surface area contributed by atoms with Crippen LogP contribution in [0.25, 0.3) is 10.2 Å². The van der Waals surface area contributed by atoms with Crippen LogP contribution >= 0.6 is 11.3 Å². The van der Waals surface area contributed by atoms with Crippen LogP contribution < -0.4 is 5.32 Å². The van der Waals surface area contributed by atoms with Crippen LogP contribution in [0.15, 0.2) is 29.1 Å². The molecule has 24 heavy (non-hydrogen) atoms. The molecule has 126 valence electrons. The molecule has 0 radical (unpaired) electrons. The highest BCUT2D eigenvalue weighted by atomic mass is 32.1. The van der Waals surface area contributed by atoms with Crippen LogP contribution in [0.1, 0.15) is 35.1 Å². The lowest BCUT2D eigenvalue weighted by atomic mass is 10.1. The van der Waals surface area contributed by atoms with Crippen molar-refractivity contribution >= 4 is 27.4 Å². The van der Waals surface area contributed by atoms with E-state index in [1.165, 1.54) is 23.3 Å². The van der Waals surface area contributed by atoms with Gasteiger partial charge < -0.3 is 9.73 Å². The second-order valence-electron chi connectivity index (χ2n) is 6.34. The number of rotatable bonds is 5. The maximum absolute atomic E-state index is 5.70. The number of fused-ring (bicyclic) bond motifs is 1. The van der Waals surface area contributed by atoms with Crippen LogP contribution in [0.4, 0.5) is 5.82 Å². The Bertz CT molecular complexity index is 821. The largest absolute Gasteiger partial charge is 0.468 e. The number of hydrogen-bond acceptors (Lipinski definition) is 6. The van der Waals surface area contributed by atoms with E-state index >= 15 is 0 Å². The smallest absolute Gasteiger partial charge is 0.138 e. The van der Waals surface area contributed by atoms with Gasteiger partial charge in [0, 0.05) is 11.4 Å². The number of nitrogens with zero attached hydrogens (tertiary/aromatic N) is 3. The van der Waals surface area contributed by atoms with Crippen LogP contribution in [-0.2, 0) is 0 Å². The molecule has 0 aliphatic carbocycles. The number of anilines is 1. The molecule has 1 fully saturated rings. The molecule has 0 amide bonds. The highest BCUT2D eigenvalue weighted by Gasteiger charge is 2.25. The molecule has 0 unspecified atom stereocenters. The molecule has 0 aromatic carbocycles. The lowest BCUT2D eigenvalue weighted by Crippen LogP contribution is -2.31. The summed E-state index contributed by atoms with van der Waals surface area (Å²) in [7, 11) is 0. The number of aromatic nitrogens is 2. The van der Waals surface area contributed by atoms with Crippen LogP contribution in [0, 0.1) is 13.8 Å². The van der Waals surface area contributed by atoms with Crippen LogP contribution in [-0.4, -0.2) is 34.5 Å². The average molecular weight is 342 g/mol. The van der Waals surface area contributed by atoms with Crippen molar-refractivity contribution in [2.75, 3.05) is 25.0 Å². The van der Waals surface area contributed by atoms with Gasteiger partial charge in [-0.3, -0.25) is 4.90 Å². The van der Waals surface area contributed by atoms with Gasteiger partial charge in [-0.05, 0) is 57.5 Å². The Labute approximate surface area is 145 Å². The van der Waals surface area contributed by atoms with Gasteiger partial charge in [0.25, 0.3) is 0 Å². The lowest BCUT2D eigenvalue weighted by molar-refractivity contribution is 0.225. The summed E-state index contributed by atoms with van der Waals surface area (Å²) in [5, 5.41) is 4.71. The quantitative estimate of drug-likeness (QED) is 0.755. The Kier molecular flexibility index (Phi) is 4.24. The monoisotopic (exact) mass is 342 g/mol. The Morgan fingerprint density at radius 3 is 2.88 bits per heavy atom. The molecule has 4 heterocycles. The molecule has 1 aliphatic rings. The third-order valence-electron chi connectivity index (χ3n) is 4.88. The van der Waals surface area contributed by atoms with Gasteiger partial charge in [0.2, 0.25) is 0 Å². The van der Waals surface area contributed by atoms with E-state index in [-0.39, 0.29) is 6.04 Å². The fraction of sp³-hybridized carbons (Fsp3) is 0.444. The predicted octanol–water partition coefficient (Wildman–Crippen LogP) is 4.15. The van der Waals surface area contributed by atoms with Gasteiger partial charge in [-0.2, -0.15) is 0 Å². The molecule has 0 spiro atoms. The standard InChI is InChI=1S/C18H22N4OS/c1-12-13(2)24-18-16(12)17(20-11-21-18)19-10-14(15-6-5-9-23-15)22-7-3-4-8-22/h5-6,9,11,14H,3-4,7-8,10H2,1-2H3,(H,19,20,21)/t14-/m0/s1. The first kappa shape index (κ1) is 15.6. The van der Waals surface area contributed by atoms with Crippen LogP contribution in [0.5, 0.6) is 0 Å². The topological polar surface area (TPSA) is 54.2 Å². The van der Waals surface area contributed by atoms with E-state index in [2.05, 4.69) is 40.1 Å². The molecular weight excluding hydrogens is 320 g/mol. The molecule has 1 aliphatic heterocycles. The van der Waals surface area contributed by atoms with Crippen molar-refractivity contribution in [1.29, 1.82) is 0 Å². The van der Waals surface area contributed by atoms with E-state index in [0.717, 1.165) is 41.4 Å². The Hall–Kier alpha value is -1.92. The summed E-state index contributed by atoms with van der Waals surface area (Å²) < 4.78 is 5.70. The molecule has 0 bridgehead atoms. The van der Waals surface area contributed by atoms with Crippen molar-refractivity contribution < 1.29 is 4.42 Å². The van der Waals surface area contributed by atoms with Crippen LogP contribution in [0.3, 0.4) is 0 Å². The van der Waals surface area contributed by atoms with E-state index in [1.807, 2.05) is 6.07 Å². The maximum Gasteiger partial charge on any atom is 0.138 e. The molecule has 1 atom stereocenters. The summed E-state index contributed by atoms with van der Waals surface area (Å²) in [6.07, 6.45) is 5.93. The Morgan fingerprint density at radius 1 is 1.29 bits per heavy atom. The molecule has 5 nitrogen and oxygen atoms in total. The minimum atomic E-state index is 0.243. The van der Waals surface area contributed by atoms with Gasteiger partial charge in [0.05, 0.1) is 17.7 Å². The van der Waals surface area contributed by atoms with Crippen molar-refractivity contribution in [3.63, 3.8) is 0 Å². The second kappa shape index (κ2) is 6.53. The number of hydrogen-bond donors (Lipinski definition) is 1. The molecule has 6 heteroatoms. The van der Waals surface area contributed by atoms with Crippen molar-refractivity contribution in [1.82, 2.24) is 14.9 Å². The minimum absolute atomic E-state index is 0.243. The van der Waals surface area contributed by atoms with Gasteiger partial charge in [-0.15, -0.1) is 11.3 Å². The van der Waals surface area contributed by atoms with Crippen molar-refractivity contribution in [3.05, 3.63) is 40.9 Å². The van der Waals surface area contributed by atoms with Gasteiger partial charge in [0.15, 0.2) is 0 Å². The van der Waals surface area contributed by atoms with E-state index in [9.17, 15) is 0 Å². The van der Waals surface area contributed by atoms with Crippen molar-refractivity contribution in [3.8, 4) is 0 Å². The third kappa shape index (κ3) is 2.80. The van der Waals surface area contributed by atoms with E-state index < -0.39 is 0 Å². The number of nitrogens with one attached hydrogen (secondary N) is 1. The fourth-order valence-corrected chi connectivity index (χ4v) is 4.45. The third-order valence-corrected chi connectivity index (χ3v) is 6.00. The first-order valence-corrected chi connectivity index (χ1v) is 9.27. The molecule has 0 saturated carbocycles. The summed E-state index contributed by atoms with van der Waals surface area (Å²) in [6.45, 7) is 7.33. The number of likely N-dealkylation sites (tertiary alicyclic amines) is 1. The van der Waals surface area contributed by atoms with E-state index in [1.54, 1.807) is 23.9 Å². The predicted molar refractivity (Wildman–Crippen MR) is 97.6 cm³/mol. The van der Waals surface area contributed by atoms with Gasteiger partial charge in [0.1, 0.15) is 22.7 Å². The maximum atomic E-state index is 5.70. The molecule has 3 aromatic rings. The van der Waals surface area contributed by atoms with Gasteiger partial charge in [-0.1, -0.05) is 0 Å². The summed E-state index contributed by atoms with van der Waals surface area (Å²) in [5.41, 5.74) is 1.27. The fourth-order valence-electron chi connectivity index (χ4n) is 3.45. The Balaban J connectivity index is 1.60. The minimum Gasteiger partial charge on any atom is -0.468 e. The SMILES string of the molecule is Cc1sc2ncnc(NC[C@@H](c3ccco3)N3CCCC3)c2c1C. The van der Waals surface area contributed by atoms with Gasteiger partial charge >= 0.3 is 0 Å². The second-order valence-corrected chi connectivity index (χ2v) is 7.54. The highest BCUT2D eigenvalue weighted by Crippen LogP contribution is 2.33. The molecule has 1 saturated heterocycles. The average Bonchev–Trinajstić information content (AvgIpc) is 3.32. The molecule has 1 N–H and O–H groups in total. The first-order chi connectivity index (χ1) is 11.7. The summed E-state index contributed by atoms with van der Waals surface area (Å²) in [5.74, 6) is 1.95. The highest BCUT2D eigenvalue weighted by molar-refractivity contribution is 7.18. The van der Waals surface area contributed by atoms with E-state index in [0.29, 0.717) is 0 Å². The zero-order chi connectivity index (χ0) is 16.5. The molecular formula is C18H22N4OS. The first-order valence-electron chi connectivity index (χ1n) is 8.46. The number of furan rings is 1. The van der Waals surface area contributed by atoms with E-state index in [4.69, 9.17) is 4.42 Å². The van der Waals surface area contributed by atoms with Crippen molar-refractivity contribution in [2.45, 2.75) is 32.7 Å². The summed E-state index contributed by atoms with van der Waals surface area (Å²) >= 11 is 1.73. The number of aryl methyl sites for hydroxylation is 2. The molecule has 4 rings (SSSR count). The molecule has 3 aromatic heterocycles. The van der Waals surface area contributed by atoms with Gasteiger partial charge in [-0.25, -0.2) is 9.97 Å². The Morgan fingerprint density at radius 2 is 2.12 bits per heavy atom. The van der Waals surface area contributed by atoms with Crippen molar-refractivity contribution in [2.24, 2.45) is 0 Å². The number of thiophene rings is 1. The van der Waals surface area contributed by atoms with Crippen LogP contribution in [0.2, 0.25) is 0 Å². The zero-order valence-corrected chi connectivity index (χ0v) is 14.9. The normalized spacial score (nSPS) is 16.8.